The number of hydrogen-bond acceptors (Lipinski definition) is 0. The third-order valence-electron chi connectivity index (χ3n) is 24.7. The quantitative estimate of drug-likeness (QED) is 0.259. The molecule has 0 aliphatic heterocycles. The molecule has 10 saturated carbocycles. The lowest BCUT2D eigenvalue weighted by Gasteiger charge is -2.47. The third-order valence-corrected chi connectivity index (χ3v) is 24.7. The normalized spacial score (nSPS) is 33.9. The predicted molar refractivity (Wildman–Crippen MR) is 348 cm³/mol. The van der Waals surface area contributed by atoms with E-state index >= 15 is 0 Å². The first-order chi connectivity index (χ1) is 35.7. The first-order valence-electron chi connectivity index (χ1n) is 35.7. The molecule has 0 spiro atoms. The van der Waals surface area contributed by atoms with Gasteiger partial charge in [0, 0.05) is 0 Å². The minimum atomic E-state index is 0.571. The van der Waals surface area contributed by atoms with Gasteiger partial charge < -0.3 is 0 Å². The third kappa shape index (κ3) is 29.8. The van der Waals surface area contributed by atoms with Gasteiger partial charge in [0.2, 0.25) is 0 Å². The summed E-state index contributed by atoms with van der Waals surface area (Å²) in [5.74, 6) is 14.3. The van der Waals surface area contributed by atoms with Crippen LogP contribution in [-0.2, 0) is 0 Å². The van der Waals surface area contributed by atoms with Gasteiger partial charge in [0.15, 0.2) is 0 Å². The molecule has 0 aromatic carbocycles. The van der Waals surface area contributed by atoms with Gasteiger partial charge in [0.25, 0.3) is 0 Å². The molecule has 0 aromatic heterocycles. The van der Waals surface area contributed by atoms with E-state index in [1.54, 1.807) is 25.7 Å². The van der Waals surface area contributed by atoms with Gasteiger partial charge >= 0.3 is 0 Å². The van der Waals surface area contributed by atoms with Gasteiger partial charge in [0.05, 0.1) is 0 Å². The number of fused-ring (bicyclic) bond motifs is 2. The van der Waals surface area contributed by atoms with E-state index in [1.807, 2.05) is 0 Å². The first kappa shape index (κ1) is 72.1. The fourth-order valence-electron chi connectivity index (χ4n) is 15.9. The van der Waals surface area contributed by atoms with E-state index in [2.05, 4.69) is 138 Å². The zero-order valence-electron chi connectivity index (χ0n) is 57.0. The standard InChI is InChI=1S/C11H22.3C9H18.C8H14.2C8H16.2C7H14/c1-9-10(2,3)7-6-8-11(9,4)5;1-8-4-6-9(2,3)7-5-8;1-8-6-4-5-7-9(8,2)3;1-7-5-4-6-8(2)9(7)3;1-6-4-7-2-3-8(6)5-7;1-7-5-3-4-6-8(7)2;1-2-8-6-4-3-5-7-8;1-7-5-3-2-4-6-7;1-2-7-5-3-4-6-7/h9H,6-8H2,1-5H3;2*8H,4-7H2,1-3H3;7-9H,4-6H2,1-3H3;6-8H,2-5H2,1H3;7-8H,3-6H2,1-2H3;8H,2-7H2,1H3;2*7H,2-6H2,1H3/t;;8-;;6-,7?,8?;7-,8?;;;/m..1.01.../s1. The molecule has 8 atom stereocenters. The van der Waals surface area contributed by atoms with E-state index in [-0.39, 0.29) is 0 Å². The molecule has 0 heterocycles. The largest absolute Gasteiger partial charge is 0.0651 e. The molecular formula is C76H150. The molecule has 10 rings (SSSR count). The van der Waals surface area contributed by atoms with Gasteiger partial charge in [-0.15, -0.1) is 0 Å². The van der Waals surface area contributed by atoms with E-state index in [4.69, 9.17) is 0 Å². The molecule has 0 amide bonds. The molecule has 5 unspecified atom stereocenters. The highest BCUT2D eigenvalue weighted by Gasteiger charge is 2.40. The van der Waals surface area contributed by atoms with Crippen LogP contribution in [0, 0.1) is 105 Å². The Morgan fingerprint density at radius 1 is 0.303 bits per heavy atom. The fraction of sp³-hybridized carbons (Fsp3) is 1.00. The van der Waals surface area contributed by atoms with Crippen molar-refractivity contribution in [3.63, 3.8) is 0 Å². The molecule has 0 aromatic rings. The van der Waals surface area contributed by atoms with Gasteiger partial charge in [-0.3, -0.25) is 0 Å². The Labute approximate surface area is 484 Å². The average molecular weight is 1060 g/mol. The topological polar surface area (TPSA) is 0 Å². The lowest BCUT2D eigenvalue weighted by molar-refractivity contribution is 0.0286. The van der Waals surface area contributed by atoms with Crippen LogP contribution >= 0.6 is 0 Å². The molecule has 0 heteroatoms. The van der Waals surface area contributed by atoms with Crippen molar-refractivity contribution >= 4 is 0 Å². The van der Waals surface area contributed by atoms with E-state index in [1.165, 1.54) is 218 Å². The molecule has 454 valence electrons. The molecule has 0 radical (unpaired) electrons. The van der Waals surface area contributed by atoms with Crippen LogP contribution < -0.4 is 0 Å². The molecule has 10 fully saturated rings. The van der Waals surface area contributed by atoms with Crippen molar-refractivity contribution in [1.29, 1.82) is 0 Å². The Hall–Kier alpha value is 0. The zero-order chi connectivity index (χ0) is 57.0. The number of rotatable bonds is 2. The minimum Gasteiger partial charge on any atom is -0.0651 e. The van der Waals surface area contributed by atoms with Crippen molar-refractivity contribution in [2.24, 2.45) is 105 Å². The average Bonchev–Trinajstić information content (AvgIpc) is 4.18. The number of hydrogen-bond donors (Lipinski definition) is 0. The molecule has 2 bridgehead atoms. The second-order valence-electron chi connectivity index (χ2n) is 32.9. The molecular weight excluding hydrogens is 913 g/mol. The van der Waals surface area contributed by atoms with Gasteiger partial charge in [-0.25, -0.2) is 0 Å². The molecule has 76 heavy (non-hydrogen) atoms. The molecule has 10 aliphatic rings. The van der Waals surface area contributed by atoms with Crippen molar-refractivity contribution in [2.45, 2.75) is 382 Å². The highest BCUT2D eigenvalue weighted by molar-refractivity contribution is 4.91. The first-order valence-corrected chi connectivity index (χ1v) is 35.7. The molecule has 0 N–H and O–H groups in total. The lowest BCUT2D eigenvalue weighted by Crippen LogP contribution is -2.38. The van der Waals surface area contributed by atoms with Crippen LogP contribution in [0.5, 0.6) is 0 Å². The summed E-state index contributed by atoms with van der Waals surface area (Å²) < 4.78 is 0. The minimum absolute atomic E-state index is 0.571. The summed E-state index contributed by atoms with van der Waals surface area (Å²) in [6, 6.07) is 0. The highest BCUT2D eigenvalue weighted by atomic mass is 14.5. The van der Waals surface area contributed by atoms with Crippen molar-refractivity contribution < 1.29 is 0 Å². The van der Waals surface area contributed by atoms with Gasteiger partial charge in [0.1, 0.15) is 0 Å². The fourth-order valence-corrected chi connectivity index (χ4v) is 15.9. The SMILES string of the molecule is CC1C(C)(C)CCCC1(C)C.CC1CCC(C)(C)CC1.CC1CCCC(C)C1C.CC1CCCCC1.CC1CCCC[C@H]1C.CCC1CCCC1.CCC1CCCCC1.C[C@@H]1CCCCC1(C)C.C[C@H]1CC2CCC1C2. The zero-order valence-corrected chi connectivity index (χ0v) is 57.0. The summed E-state index contributed by atoms with van der Waals surface area (Å²) in [5, 5.41) is 0. The van der Waals surface area contributed by atoms with Crippen LogP contribution in [0.3, 0.4) is 0 Å². The van der Waals surface area contributed by atoms with Crippen LogP contribution in [0.4, 0.5) is 0 Å². The van der Waals surface area contributed by atoms with E-state index in [0.717, 1.165) is 82.9 Å². The van der Waals surface area contributed by atoms with Gasteiger partial charge in [-0.05, 0) is 156 Å². The Balaban J connectivity index is 0.000000293. The highest BCUT2D eigenvalue weighted by Crippen LogP contribution is 2.51. The molecule has 0 nitrogen and oxygen atoms in total. The van der Waals surface area contributed by atoms with E-state index in [9.17, 15) is 0 Å². The maximum absolute atomic E-state index is 2.42. The summed E-state index contributed by atoms with van der Waals surface area (Å²) in [4.78, 5) is 0. The summed E-state index contributed by atoms with van der Waals surface area (Å²) in [6.45, 7) is 47.7. The van der Waals surface area contributed by atoms with Crippen molar-refractivity contribution in [2.75, 3.05) is 0 Å². The van der Waals surface area contributed by atoms with Gasteiger partial charge in [-0.2, -0.15) is 0 Å². The molecule has 0 saturated heterocycles. The summed E-state index contributed by atoms with van der Waals surface area (Å²) >= 11 is 0. The van der Waals surface area contributed by atoms with E-state index in [0.29, 0.717) is 21.7 Å². The maximum atomic E-state index is 2.42. The summed E-state index contributed by atoms with van der Waals surface area (Å²) in [6.07, 6.45) is 56.2. The smallest absolute Gasteiger partial charge is 0.0323 e. The van der Waals surface area contributed by atoms with Crippen LogP contribution in [0.2, 0.25) is 0 Å². The Kier molecular flexibility index (Phi) is 36.0. The van der Waals surface area contributed by atoms with Crippen LogP contribution in [0.25, 0.3) is 0 Å². The van der Waals surface area contributed by atoms with Crippen LogP contribution in [0.1, 0.15) is 382 Å². The Bertz CT molecular complexity index is 1310. The van der Waals surface area contributed by atoms with Crippen molar-refractivity contribution in [3.8, 4) is 0 Å². The molecule has 10 aliphatic carbocycles. The van der Waals surface area contributed by atoms with E-state index < -0.39 is 0 Å². The van der Waals surface area contributed by atoms with Gasteiger partial charge in [-0.1, -0.05) is 331 Å². The summed E-state index contributed by atoms with van der Waals surface area (Å²) in [7, 11) is 0. The second kappa shape index (κ2) is 38.0. The predicted octanol–water partition coefficient (Wildman–Crippen LogP) is 26.8. The second-order valence-corrected chi connectivity index (χ2v) is 32.9. The van der Waals surface area contributed by atoms with Crippen LogP contribution in [0.15, 0.2) is 0 Å². The van der Waals surface area contributed by atoms with Crippen molar-refractivity contribution in [1.82, 2.24) is 0 Å². The Morgan fingerprint density at radius 3 is 0.974 bits per heavy atom. The van der Waals surface area contributed by atoms with Crippen LogP contribution in [-0.4, -0.2) is 0 Å². The summed E-state index contributed by atoms with van der Waals surface area (Å²) in [5.41, 5.74) is 2.44. The maximum Gasteiger partial charge on any atom is -0.0323 e. The lowest BCUT2D eigenvalue weighted by atomic mass is 9.58. The van der Waals surface area contributed by atoms with Crippen molar-refractivity contribution in [3.05, 3.63) is 0 Å². The Morgan fingerprint density at radius 2 is 0.697 bits per heavy atom. The monoisotopic (exact) mass is 1060 g/mol.